The van der Waals surface area contributed by atoms with Gasteiger partial charge in [-0.1, -0.05) is 72.8 Å². The second-order valence-electron chi connectivity index (χ2n) is 9.36. The number of carbonyl (C=O) groups is 1. The topological polar surface area (TPSA) is 56.1 Å². The Bertz CT molecular complexity index is 1480. The minimum atomic E-state index is -0.0300. The van der Waals surface area contributed by atoms with Gasteiger partial charge in [0.15, 0.2) is 0 Å². The number of carbonyl (C=O) groups excluding carboxylic acids is 1. The normalized spacial score (nSPS) is 11.0. The summed E-state index contributed by atoms with van der Waals surface area (Å²) >= 11 is 0. The number of nitrogens with one attached hydrogen (secondary N) is 1. The molecule has 5 heteroatoms. The van der Waals surface area contributed by atoms with E-state index >= 15 is 0 Å². The fraction of sp³-hybridized carbons (Fsp3) is 0.188. The number of aromatic nitrogens is 2. The first-order chi connectivity index (χ1) is 18.0. The lowest BCUT2D eigenvalue weighted by molar-refractivity contribution is -0.120. The maximum atomic E-state index is 12.8. The van der Waals surface area contributed by atoms with Crippen molar-refractivity contribution in [1.82, 2.24) is 14.9 Å². The number of aryl methyl sites for hydroxylation is 2. The first kappa shape index (κ1) is 24.3. The summed E-state index contributed by atoms with van der Waals surface area (Å²) in [7, 11) is 0. The Hall–Kier alpha value is -4.38. The van der Waals surface area contributed by atoms with E-state index in [9.17, 15) is 4.79 Å². The van der Waals surface area contributed by atoms with Gasteiger partial charge in [0, 0.05) is 0 Å². The van der Waals surface area contributed by atoms with E-state index in [2.05, 4.69) is 60.1 Å². The first-order valence-electron chi connectivity index (χ1n) is 12.6. The molecule has 0 aliphatic rings. The predicted molar refractivity (Wildman–Crippen MR) is 149 cm³/mol. The monoisotopic (exact) mass is 489 g/mol. The van der Waals surface area contributed by atoms with Crippen LogP contribution in [0.4, 0.5) is 0 Å². The van der Waals surface area contributed by atoms with E-state index in [0.717, 1.165) is 33.7 Å². The van der Waals surface area contributed by atoms with Crippen LogP contribution in [0.15, 0.2) is 97.1 Å². The molecule has 0 atom stereocenters. The largest absolute Gasteiger partial charge is 0.492 e. The molecular formula is C32H31N3O2. The number of ether oxygens (including phenoxy) is 1. The number of benzene rings is 4. The van der Waals surface area contributed by atoms with E-state index in [1.54, 1.807) is 0 Å². The lowest BCUT2D eigenvalue weighted by Gasteiger charge is -2.12. The number of amides is 1. The number of para-hydroxylation sites is 2. The number of nitrogens with zero attached hydrogens (tertiary/aromatic N) is 2. The second kappa shape index (κ2) is 11.1. The Balaban J connectivity index is 1.22. The third-order valence-corrected chi connectivity index (χ3v) is 6.38. The molecular weight excluding hydrogens is 458 g/mol. The summed E-state index contributed by atoms with van der Waals surface area (Å²) in [5, 5.41) is 3.06. The van der Waals surface area contributed by atoms with E-state index in [1.807, 2.05) is 60.7 Å². The Morgan fingerprint density at radius 3 is 2.27 bits per heavy atom. The highest BCUT2D eigenvalue weighted by molar-refractivity contribution is 5.79. The predicted octanol–water partition coefficient (Wildman–Crippen LogP) is 6.26. The highest BCUT2D eigenvalue weighted by Crippen LogP contribution is 2.20. The van der Waals surface area contributed by atoms with Gasteiger partial charge in [-0.05, 0) is 65.9 Å². The van der Waals surface area contributed by atoms with Crippen LogP contribution in [0.3, 0.4) is 0 Å². The molecule has 1 N–H and O–H groups in total. The summed E-state index contributed by atoms with van der Waals surface area (Å²) in [5.74, 6) is 1.66. The van der Waals surface area contributed by atoms with Gasteiger partial charge in [0.05, 0.1) is 30.5 Å². The Labute approximate surface area is 217 Å². The minimum absolute atomic E-state index is 0.0300. The van der Waals surface area contributed by atoms with Crippen LogP contribution in [0.1, 0.15) is 22.5 Å². The quantitative estimate of drug-likeness (QED) is 0.266. The van der Waals surface area contributed by atoms with Crippen molar-refractivity contribution in [1.29, 1.82) is 0 Å². The van der Waals surface area contributed by atoms with Gasteiger partial charge in [0.2, 0.25) is 5.91 Å². The van der Waals surface area contributed by atoms with Crippen LogP contribution in [-0.2, 0) is 24.3 Å². The maximum Gasteiger partial charge on any atom is 0.224 e. The van der Waals surface area contributed by atoms with Crippen LogP contribution in [0.2, 0.25) is 0 Å². The number of imidazole rings is 1. The van der Waals surface area contributed by atoms with Gasteiger partial charge in [-0.25, -0.2) is 4.98 Å². The molecule has 0 spiro atoms. The van der Waals surface area contributed by atoms with Crippen LogP contribution in [0.5, 0.6) is 5.75 Å². The SMILES string of the molecule is Cc1cc(C)cc(OCCn2c(CNC(=O)Cc3ccc(-c4ccccc4)cc3)nc3ccccc32)c1. The van der Waals surface area contributed by atoms with Crippen molar-refractivity contribution in [3.8, 4) is 16.9 Å². The first-order valence-corrected chi connectivity index (χ1v) is 12.6. The van der Waals surface area contributed by atoms with Crippen LogP contribution in [0.25, 0.3) is 22.2 Å². The van der Waals surface area contributed by atoms with Crippen molar-refractivity contribution in [2.24, 2.45) is 0 Å². The van der Waals surface area contributed by atoms with Gasteiger partial charge in [0.1, 0.15) is 18.2 Å². The van der Waals surface area contributed by atoms with Gasteiger partial charge in [-0.3, -0.25) is 4.79 Å². The lowest BCUT2D eigenvalue weighted by atomic mass is 10.0. The molecule has 0 saturated carbocycles. The average Bonchev–Trinajstić information content (AvgIpc) is 3.25. The van der Waals surface area contributed by atoms with Gasteiger partial charge in [-0.15, -0.1) is 0 Å². The zero-order chi connectivity index (χ0) is 25.6. The van der Waals surface area contributed by atoms with E-state index in [1.165, 1.54) is 16.7 Å². The van der Waals surface area contributed by atoms with Crippen molar-refractivity contribution in [3.05, 3.63) is 120 Å². The summed E-state index contributed by atoms with van der Waals surface area (Å²) < 4.78 is 8.19. The number of hydrogen-bond acceptors (Lipinski definition) is 3. The molecule has 1 aromatic heterocycles. The summed E-state index contributed by atoms with van der Waals surface area (Å²) in [6.07, 6.45) is 0.325. The molecule has 0 fully saturated rings. The second-order valence-corrected chi connectivity index (χ2v) is 9.36. The average molecular weight is 490 g/mol. The van der Waals surface area contributed by atoms with E-state index < -0.39 is 0 Å². The fourth-order valence-electron chi connectivity index (χ4n) is 4.65. The van der Waals surface area contributed by atoms with E-state index in [-0.39, 0.29) is 5.91 Å². The Morgan fingerprint density at radius 1 is 0.838 bits per heavy atom. The molecule has 0 saturated heterocycles. The number of hydrogen-bond donors (Lipinski definition) is 1. The maximum absolute atomic E-state index is 12.8. The molecule has 5 rings (SSSR count). The van der Waals surface area contributed by atoms with E-state index in [0.29, 0.717) is 26.1 Å². The summed E-state index contributed by atoms with van der Waals surface area (Å²) in [6, 6.07) is 32.7. The van der Waals surface area contributed by atoms with Crippen LogP contribution < -0.4 is 10.1 Å². The summed E-state index contributed by atoms with van der Waals surface area (Å²) in [6.45, 7) is 5.65. The molecule has 37 heavy (non-hydrogen) atoms. The zero-order valence-corrected chi connectivity index (χ0v) is 21.3. The van der Waals surface area contributed by atoms with Gasteiger partial charge >= 0.3 is 0 Å². The molecule has 0 aliphatic heterocycles. The fourth-order valence-corrected chi connectivity index (χ4v) is 4.65. The summed E-state index contributed by atoms with van der Waals surface area (Å²) in [5.41, 5.74) is 7.59. The van der Waals surface area contributed by atoms with E-state index in [4.69, 9.17) is 9.72 Å². The number of rotatable bonds is 9. The molecule has 0 radical (unpaired) electrons. The summed E-state index contributed by atoms with van der Waals surface area (Å²) in [4.78, 5) is 17.5. The highest BCUT2D eigenvalue weighted by Gasteiger charge is 2.12. The molecule has 1 heterocycles. The van der Waals surface area contributed by atoms with Crippen molar-refractivity contribution in [2.75, 3.05) is 6.61 Å². The van der Waals surface area contributed by atoms with Gasteiger partial charge < -0.3 is 14.6 Å². The molecule has 0 bridgehead atoms. The van der Waals surface area contributed by atoms with Crippen molar-refractivity contribution in [3.63, 3.8) is 0 Å². The smallest absolute Gasteiger partial charge is 0.224 e. The van der Waals surface area contributed by atoms with Crippen molar-refractivity contribution < 1.29 is 9.53 Å². The van der Waals surface area contributed by atoms with Crippen LogP contribution >= 0.6 is 0 Å². The zero-order valence-electron chi connectivity index (χ0n) is 21.3. The van der Waals surface area contributed by atoms with Crippen molar-refractivity contribution in [2.45, 2.75) is 33.4 Å². The molecule has 4 aromatic carbocycles. The van der Waals surface area contributed by atoms with Gasteiger partial charge in [-0.2, -0.15) is 0 Å². The lowest BCUT2D eigenvalue weighted by Crippen LogP contribution is -2.26. The molecule has 186 valence electrons. The highest BCUT2D eigenvalue weighted by atomic mass is 16.5. The van der Waals surface area contributed by atoms with Crippen LogP contribution in [-0.4, -0.2) is 22.1 Å². The molecule has 0 aliphatic carbocycles. The Morgan fingerprint density at radius 2 is 1.51 bits per heavy atom. The Kier molecular flexibility index (Phi) is 7.31. The molecule has 5 aromatic rings. The van der Waals surface area contributed by atoms with Crippen LogP contribution in [0, 0.1) is 13.8 Å². The third-order valence-electron chi connectivity index (χ3n) is 6.38. The van der Waals surface area contributed by atoms with Gasteiger partial charge in [0.25, 0.3) is 0 Å². The molecule has 1 amide bonds. The third kappa shape index (κ3) is 6.07. The molecule has 0 unspecified atom stereocenters. The minimum Gasteiger partial charge on any atom is -0.492 e. The number of fused-ring (bicyclic) bond motifs is 1. The standard InChI is InChI=1S/C32H31N3O2/c1-23-18-24(2)20-28(19-23)37-17-16-35-30-11-7-6-10-29(30)34-31(35)22-33-32(36)21-25-12-14-27(15-13-25)26-8-4-3-5-9-26/h3-15,18-20H,16-17,21-22H2,1-2H3,(H,33,36). The molecule has 5 nitrogen and oxygen atoms in total. The van der Waals surface area contributed by atoms with Crippen molar-refractivity contribution >= 4 is 16.9 Å².